The maximum absolute atomic E-state index is 12.8. The van der Waals surface area contributed by atoms with E-state index in [-0.39, 0.29) is 6.03 Å². The van der Waals surface area contributed by atoms with Crippen molar-refractivity contribution in [2.24, 2.45) is 0 Å². The van der Waals surface area contributed by atoms with Gasteiger partial charge in [-0.25, -0.2) is 4.79 Å². The van der Waals surface area contributed by atoms with Crippen LogP contribution in [-0.4, -0.2) is 28.9 Å². The molecular weight excluding hydrogens is 272 g/mol. The van der Waals surface area contributed by atoms with Crippen molar-refractivity contribution in [1.29, 1.82) is 0 Å². The van der Waals surface area contributed by atoms with E-state index in [1.54, 1.807) is 0 Å². The minimum absolute atomic E-state index is 0.0951. The second kappa shape index (κ2) is 8.23. The van der Waals surface area contributed by atoms with Gasteiger partial charge in [-0.05, 0) is 25.0 Å². The van der Waals surface area contributed by atoms with Crippen molar-refractivity contribution in [1.82, 2.24) is 9.80 Å². The van der Waals surface area contributed by atoms with E-state index >= 15 is 0 Å². The number of benzene rings is 2. The third kappa shape index (κ3) is 4.35. The van der Waals surface area contributed by atoms with E-state index in [2.05, 4.69) is 24.3 Å². The van der Waals surface area contributed by atoms with Gasteiger partial charge in [-0.15, -0.1) is 0 Å². The molecule has 0 fully saturated rings. The smallest absolute Gasteiger partial charge is 0.320 e. The van der Waals surface area contributed by atoms with E-state index in [4.69, 9.17) is 0 Å². The van der Waals surface area contributed by atoms with Crippen molar-refractivity contribution in [3.63, 3.8) is 0 Å². The molecule has 3 nitrogen and oxygen atoms in total. The van der Waals surface area contributed by atoms with Gasteiger partial charge in [0.2, 0.25) is 0 Å². The predicted octanol–water partition coefficient (Wildman–Crippen LogP) is 4.15. The molecule has 2 aromatic rings. The molecule has 0 aliphatic carbocycles. The summed E-state index contributed by atoms with van der Waals surface area (Å²) in [7, 11) is 0. The van der Waals surface area contributed by atoms with Gasteiger partial charge in [-0.3, -0.25) is 0 Å². The highest BCUT2D eigenvalue weighted by Gasteiger charge is 2.19. The highest BCUT2D eigenvalue weighted by atomic mass is 16.2. The highest BCUT2D eigenvalue weighted by molar-refractivity contribution is 5.74. The Labute approximate surface area is 133 Å². The first-order valence-electron chi connectivity index (χ1n) is 7.86. The van der Waals surface area contributed by atoms with Crippen LogP contribution in [0, 0.1) is 0 Å². The molecule has 2 aromatic carbocycles. The first kappa shape index (κ1) is 16.1. The first-order valence-corrected chi connectivity index (χ1v) is 7.86. The fourth-order valence-electron chi connectivity index (χ4n) is 2.49. The van der Waals surface area contributed by atoms with E-state index in [1.165, 1.54) is 0 Å². The number of nitrogens with zero attached hydrogens (tertiary/aromatic N) is 2. The summed E-state index contributed by atoms with van der Waals surface area (Å²) in [6, 6.07) is 20.4. The van der Waals surface area contributed by atoms with Gasteiger partial charge in [0.15, 0.2) is 0 Å². The van der Waals surface area contributed by atoms with Crippen LogP contribution in [0.2, 0.25) is 0 Å². The summed E-state index contributed by atoms with van der Waals surface area (Å²) >= 11 is 0. The second-order valence-corrected chi connectivity index (χ2v) is 5.28. The lowest BCUT2D eigenvalue weighted by Gasteiger charge is -2.29. The van der Waals surface area contributed by atoms with Crippen molar-refractivity contribution in [2.75, 3.05) is 13.1 Å². The van der Waals surface area contributed by atoms with Crippen molar-refractivity contribution in [3.8, 4) is 0 Å². The number of carbonyl (C=O) groups is 1. The van der Waals surface area contributed by atoms with Gasteiger partial charge >= 0.3 is 6.03 Å². The van der Waals surface area contributed by atoms with Gasteiger partial charge in [0.25, 0.3) is 0 Å². The van der Waals surface area contributed by atoms with Crippen LogP contribution in [0.1, 0.15) is 25.0 Å². The van der Waals surface area contributed by atoms with Crippen LogP contribution >= 0.6 is 0 Å². The molecule has 0 aliphatic heterocycles. The predicted molar refractivity (Wildman–Crippen MR) is 90.4 cm³/mol. The third-order valence-electron chi connectivity index (χ3n) is 3.74. The van der Waals surface area contributed by atoms with Gasteiger partial charge in [0, 0.05) is 26.2 Å². The van der Waals surface area contributed by atoms with Gasteiger partial charge in [-0.2, -0.15) is 0 Å². The molecule has 2 rings (SSSR count). The minimum Gasteiger partial charge on any atom is -0.325 e. The average Bonchev–Trinajstić information content (AvgIpc) is 2.57. The zero-order valence-corrected chi connectivity index (χ0v) is 13.4. The molecule has 3 heteroatoms. The Bertz CT molecular complexity index is 523. The summed E-state index contributed by atoms with van der Waals surface area (Å²) in [5, 5.41) is 0. The van der Waals surface area contributed by atoms with Crippen molar-refractivity contribution in [3.05, 3.63) is 71.8 Å². The van der Waals surface area contributed by atoms with Crippen LogP contribution in [0.5, 0.6) is 0 Å². The van der Waals surface area contributed by atoms with Crippen LogP contribution < -0.4 is 0 Å². The quantitative estimate of drug-likeness (QED) is 0.785. The maximum Gasteiger partial charge on any atom is 0.320 e. The molecule has 0 N–H and O–H groups in total. The summed E-state index contributed by atoms with van der Waals surface area (Å²) in [6.45, 7) is 6.76. The number of hydrogen-bond donors (Lipinski definition) is 0. The topological polar surface area (TPSA) is 23.6 Å². The van der Waals surface area contributed by atoms with Crippen molar-refractivity contribution < 1.29 is 4.79 Å². The van der Waals surface area contributed by atoms with Crippen LogP contribution in [0.25, 0.3) is 0 Å². The Hall–Kier alpha value is -2.29. The Morgan fingerprint density at radius 2 is 1.14 bits per heavy atom. The SMILES string of the molecule is CCN(CC)C(=O)N(Cc1ccccc1)Cc1ccccc1. The van der Waals surface area contributed by atoms with E-state index < -0.39 is 0 Å². The molecule has 116 valence electrons. The fourth-order valence-corrected chi connectivity index (χ4v) is 2.49. The Morgan fingerprint density at radius 1 is 0.727 bits per heavy atom. The third-order valence-corrected chi connectivity index (χ3v) is 3.74. The lowest BCUT2D eigenvalue weighted by molar-refractivity contribution is 0.151. The Balaban J connectivity index is 2.18. The van der Waals surface area contributed by atoms with Crippen LogP contribution in [0.15, 0.2) is 60.7 Å². The molecule has 0 aliphatic rings. The molecule has 0 heterocycles. The lowest BCUT2D eigenvalue weighted by atomic mass is 10.2. The normalized spacial score (nSPS) is 10.3. The molecule has 0 aromatic heterocycles. The second-order valence-electron chi connectivity index (χ2n) is 5.28. The molecule has 0 unspecified atom stereocenters. The molecule has 0 bridgehead atoms. The number of rotatable bonds is 6. The average molecular weight is 296 g/mol. The van der Waals surface area contributed by atoms with Crippen molar-refractivity contribution in [2.45, 2.75) is 26.9 Å². The molecule has 0 spiro atoms. The number of carbonyl (C=O) groups excluding carboxylic acids is 1. The lowest BCUT2D eigenvalue weighted by Crippen LogP contribution is -2.42. The summed E-state index contributed by atoms with van der Waals surface area (Å²) in [4.78, 5) is 16.5. The summed E-state index contributed by atoms with van der Waals surface area (Å²) in [5.74, 6) is 0. The zero-order chi connectivity index (χ0) is 15.8. The Morgan fingerprint density at radius 3 is 1.50 bits per heavy atom. The molecule has 0 saturated heterocycles. The standard InChI is InChI=1S/C19H24N2O/c1-3-20(4-2)19(22)21(15-17-11-7-5-8-12-17)16-18-13-9-6-10-14-18/h5-14H,3-4,15-16H2,1-2H3. The number of hydrogen-bond acceptors (Lipinski definition) is 1. The maximum atomic E-state index is 12.8. The molecule has 0 radical (unpaired) electrons. The first-order chi connectivity index (χ1) is 10.7. The minimum atomic E-state index is 0.0951. The molecule has 2 amide bonds. The van der Waals surface area contributed by atoms with Crippen LogP contribution in [-0.2, 0) is 13.1 Å². The van der Waals surface area contributed by atoms with E-state index in [1.807, 2.05) is 60.0 Å². The fraction of sp³-hybridized carbons (Fsp3) is 0.316. The Kier molecular flexibility index (Phi) is 6.01. The van der Waals surface area contributed by atoms with Crippen LogP contribution in [0.3, 0.4) is 0 Å². The van der Waals surface area contributed by atoms with Gasteiger partial charge in [-0.1, -0.05) is 60.7 Å². The van der Waals surface area contributed by atoms with Gasteiger partial charge in [0.1, 0.15) is 0 Å². The van der Waals surface area contributed by atoms with E-state index in [9.17, 15) is 4.79 Å². The summed E-state index contributed by atoms with van der Waals surface area (Å²) in [6.07, 6.45) is 0. The monoisotopic (exact) mass is 296 g/mol. The van der Waals surface area contributed by atoms with Crippen LogP contribution in [0.4, 0.5) is 4.79 Å². The molecular formula is C19H24N2O. The number of amides is 2. The van der Waals surface area contributed by atoms with Gasteiger partial charge in [0.05, 0.1) is 0 Å². The highest BCUT2D eigenvalue weighted by Crippen LogP contribution is 2.12. The largest absolute Gasteiger partial charge is 0.325 e. The summed E-state index contributed by atoms with van der Waals surface area (Å²) < 4.78 is 0. The van der Waals surface area contributed by atoms with Gasteiger partial charge < -0.3 is 9.80 Å². The molecule has 22 heavy (non-hydrogen) atoms. The zero-order valence-electron chi connectivity index (χ0n) is 13.4. The molecule has 0 saturated carbocycles. The van der Waals surface area contributed by atoms with E-state index in [0.717, 1.165) is 24.2 Å². The molecule has 0 atom stereocenters. The van der Waals surface area contributed by atoms with E-state index in [0.29, 0.717) is 13.1 Å². The van der Waals surface area contributed by atoms with Crippen molar-refractivity contribution >= 4 is 6.03 Å². The number of urea groups is 1. The summed E-state index contributed by atoms with van der Waals surface area (Å²) in [5.41, 5.74) is 2.30.